The second kappa shape index (κ2) is 6.47. The molecule has 2 N–H and O–H groups in total. The molecule has 0 fully saturated rings. The van der Waals surface area contributed by atoms with Crippen molar-refractivity contribution in [2.75, 3.05) is 18.6 Å². The van der Waals surface area contributed by atoms with E-state index in [-0.39, 0.29) is 17.6 Å². The maximum atomic E-state index is 14.1. The van der Waals surface area contributed by atoms with Gasteiger partial charge in [0, 0.05) is 11.6 Å². The second-order valence-electron chi connectivity index (χ2n) is 4.33. The molecule has 0 aliphatic heterocycles. The van der Waals surface area contributed by atoms with Gasteiger partial charge in [0.25, 0.3) is 0 Å². The molecule has 0 radical (unpaired) electrons. The van der Waals surface area contributed by atoms with E-state index in [0.717, 1.165) is 0 Å². The minimum absolute atomic E-state index is 0.0164. The van der Waals surface area contributed by atoms with Crippen LogP contribution in [0.25, 0.3) is 0 Å². The topological polar surface area (TPSA) is 55.6 Å². The Bertz CT molecular complexity index is 492. The third-order valence-electron chi connectivity index (χ3n) is 2.69. The van der Waals surface area contributed by atoms with Gasteiger partial charge in [-0.2, -0.15) is 0 Å². The summed E-state index contributed by atoms with van der Waals surface area (Å²) in [6, 6.07) is 4.41. The van der Waals surface area contributed by atoms with Gasteiger partial charge < -0.3 is 15.4 Å². The molecule has 0 spiro atoms. The average molecular weight is 284 g/mol. The fourth-order valence-corrected chi connectivity index (χ4v) is 1.77. The number of benzene rings is 1. The van der Waals surface area contributed by atoms with Gasteiger partial charge in [-0.3, -0.25) is 4.79 Å². The number of rotatable bonds is 5. The number of carbonyl (C=O) groups excluding carboxylic acids is 1. The highest BCUT2D eigenvalue weighted by molar-refractivity contribution is 7.80. The van der Waals surface area contributed by atoms with E-state index in [9.17, 15) is 9.18 Å². The number of methoxy groups -OCH3 is 1. The summed E-state index contributed by atoms with van der Waals surface area (Å²) in [5.41, 5.74) is 6.22. The predicted molar refractivity (Wildman–Crippen MR) is 76.8 cm³/mol. The van der Waals surface area contributed by atoms with Crippen molar-refractivity contribution in [2.45, 2.75) is 19.9 Å². The van der Waals surface area contributed by atoms with Gasteiger partial charge in [-0.1, -0.05) is 12.2 Å². The summed E-state index contributed by atoms with van der Waals surface area (Å²) in [6.45, 7) is 3.71. The molecular formula is C13H17FN2O2S. The molecule has 0 amide bonds. The van der Waals surface area contributed by atoms with Crippen LogP contribution < -0.4 is 10.6 Å². The van der Waals surface area contributed by atoms with Crippen LogP contribution in [0, 0.1) is 5.82 Å². The van der Waals surface area contributed by atoms with Gasteiger partial charge >= 0.3 is 5.97 Å². The molecule has 1 rings (SSSR count). The van der Waals surface area contributed by atoms with Crippen molar-refractivity contribution < 1.29 is 13.9 Å². The van der Waals surface area contributed by atoms with Crippen LogP contribution in [0.15, 0.2) is 18.2 Å². The Morgan fingerprint density at radius 2 is 2.16 bits per heavy atom. The molecule has 0 saturated heterocycles. The lowest BCUT2D eigenvalue weighted by Gasteiger charge is -2.28. The average Bonchev–Trinajstić information content (AvgIpc) is 2.35. The molecule has 0 saturated carbocycles. The monoisotopic (exact) mass is 284 g/mol. The van der Waals surface area contributed by atoms with Crippen LogP contribution in [-0.4, -0.2) is 30.7 Å². The zero-order valence-corrected chi connectivity index (χ0v) is 12.0. The summed E-state index contributed by atoms with van der Waals surface area (Å²) < 4.78 is 18.7. The van der Waals surface area contributed by atoms with Crippen molar-refractivity contribution in [1.82, 2.24) is 0 Å². The number of esters is 1. The van der Waals surface area contributed by atoms with E-state index in [4.69, 9.17) is 18.0 Å². The molecule has 0 aliphatic carbocycles. The molecule has 0 bridgehead atoms. The summed E-state index contributed by atoms with van der Waals surface area (Å²) in [4.78, 5) is 13.1. The van der Waals surface area contributed by atoms with Crippen molar-refractivity contribution in [1.29, 1.82) is 0 Å². The van der Waals surface area contributed by atoms with Crippen molar-refractivity contribution in [3.63, 3.8) is 0 Å². The largest absolute Gasteiger partial charge is 0.468 e. The van der Waals surface area contributed by atoms with Gasteiger partial charge in [-0.05, 0) is 32.0 Å². The van der Waals surface area contributed by atoms with E-state index in [1.165, 1.54) is 13.2 Å². The van der Waals surface area contributed by atoms with Gasteiger partial charge in [0.15, 0.2) is 0 Å². The summed E-state index contributed by atoms with van der Waals surface area (Å²) in [6.07, 6.45) is 0. The van der Waals surface area contributed by atoms with Crippen LogP contribution in [0.5, 0.6) is 0 Å². The number of hydrogen-bond donors (Lipinski definition) is 1. The standard InChI is InChI=1S/C13H17FN2O2S/c1-8(2)16(7-12(17)18-3)11-5-4-9(13(15)19)6-10(11)14/h4-6,8H,7H2,1-3H3,(H2,15,19). The Kier molecular flexibility index (Phi) is 5.23. The van der Waals surface area contributed by atoms with Gasteiger partial charge in [-0.25, -0.2) is 4.39 Å². The Hall–Kier alpha value is -1.69. The molecular weight excluding hydrogens is 267 g/mol. The third kappa shape index (κ3) is 3.89. The fraction of sp³-hybridized carbons (Fsp3) is 0.385. The summed E-state index contributed by atoms with van der Waals surface area (Å²) in [7, 11) is 1.30. The predicted octanol–water partition coefficient (Wildman–Crippen LogP) is 1.85. The van der Waals surface area contributed by atoms with E-state index < -0.39 is 11.8 Å². The zero-order valence-electron chi connectivity index (χ0n) is 11.1. The number of ether oxygens (including phenoxy) is 1. The van der Waals surface area contributed by atoms with Crippen LogP contribution in [0.4, 0.5) is 10.1 Å². The van der Waals surface area contributed by atoms with E-state index in [1.807, 2.05) is 13.8 Å². The molecule has 1 aromatic carbocycles. The molecule has 19 heavy (non-hydrogen) atoms. The SMILES string of the molecule is COC(=O)CN(c1ccc(C(N)=S)cc1F)C(C)C. The van der Waals surface area contributed by atoms with Crippen LogP contribution in [0.1, 0.15) is 19.4 Å². The van der Waals surface area contributed by atoms with Crippen molar-refractivity contribution in [3.05, 3.63) is 29.6 Å². The molecule has 4 nitrogen and oxygen atoms in total. The smallest absolute Gasteiger partial charge is 0.325 e. The quantitative estimate of drug-likeness (QED) is 0.660. The van der Waals surface area contributed by atoms with E-state index in [2.05, 4.69) is 4.74 Å². The number of nitrogens with zero attached hydrogens (tertiary/aromatic N) is 1. The second-order valence-corrected chi connectivity index (χ2v) is 4.77. The van der Waals surface area contributed by atoms with E-state index in [0.29, 0.717) is 11.3 Å². The molecule has 0 heterocycles. The molecule has 0 atom stereocenters. The normalized spacial score (nSPS) is 10.4. The minimum atomic E-state index is -0.470. The number of nitrogens with two attached hydrogens (primary N) is 1. The van der Waals surface area contributed by atoms with Crippen molar-refractivity contribution >= 4 is 28.9 Å². The van der Waals surface area contributed by atoms with Crippen LogP contribution >= 0.6 is 12.2 Å². The molecule has 0 aromatic heterocycles. The Morgan fingerprint density at radius 3 is 2.58 bits per heavy atom. The lowest BCUT2D eigenvalue weighted by atomic mass is 10.1. The molecule has 1 aromatic rings. The number of thiocarbonyl (C=S) groups is 1. The number of halogens is 1. The zero-order chi connectivity index (χ0) is 14.6. The first-order chi connectivity index (χ1) is 8.86. The number of carbonyl (C=O) groups is 1. The molecule has 0 aliphatic rings. The maximum Gasteiger partial charge on any atom is 0.325 e. The fourth-order valence-electron chi connectivity index (χ4n) is 1.64. The van der Waals surface area contributed by atoms with Gasteiger partial charge in [-0.15, -0.1) is 0 Å². The highest BCUT2D eigenvalue weighted by Crippen LogP contribution is 2.22. The Morgan fingerprint density at radius 1 is 1.53 bits per heavy atom. The van der Waals surface area contributed by atoms with E-state index in [1.54, 1.807) is 17.0 Å². The Balaban J connectivity index is 3.09. The summed E-state index contributed by atoms with van der Waals surface area (Å²) >= 11 is 4.79. The molecule has 104 valence electrons. The van der Waals surface area contributed by atoms with Crippen LogP contribution in [0.2, 0.25) is 0 Å². The lowest BCUT2D eigenvalue weighted by molar-refractivity contribution is -0.139. The Labute approximate surface area is 117 Å². The molecule has 6 heteroatoms. The first-order valence-electron chi connectivity index (χ1n) is 5.79. The first kappa shape index (κ1) is 15.4. The third-order valence-corrected chi connectivity index (χ3v) is 2.93. The van der Waals surface area contributed by atoms with Gasteiger partial charge in [0.2, 0.25) is 0 Å². The summed E-state index contributed by atoms with van der Waals surface area (Å²) in [5, 5.41) is 0. The van der Waals surface area contributed by atoms with Crippen molar-refractivity contribution in [2.24, 2.45) is 5.73 Å². The highest BCUT2D eigenvalue weighted by Gasteiger charge is 2.19. The highest BCUT2D eigenvalue weighted by atomic mass is 32.1. The van der Waals surface area contributed by atoms with Crippen LogP contribution in [-0.2, 0) is 9.53 Å². The maximum absolute atomic E-state index is 14.1. The van der Waals surface area contributed by atoms with Gasteiger partial charge in [0.1, 0.15) is 17.4 Å². The summed E-state index contributed by atoms with van der Waals surface area (Å²) in [5.74, 6) is -0.894. The lowest BCUT2D eigenvalue weighted by Crippen LogP contribution is -2.36. The van der Waals surface area contributed by atoms with Gasteiger partial charge in [0.05, 0.1) is 12.8 Å². The van der Waals surface area contributed by atoms with Crippen molar-refractivity contribution in [3.8, 4) is 0 Å². The van der Waals surface area contributed by atoms with E-state index >= 15 is 0 Å². The number of hydrogen-bond acceptors (Lipinski definition) is 4. The minimum Gasteiger partial charge on any atom is -0.468 e. The first-order valence-corrected chi connectivity index (χ1v) is 6.20. The van der Waals surface area contributed by atoms with Crippen LogP contribution in [0.3, 0.4) is 0 Å². The number of anilines is 1. The molecule has 0 unspecified atom stereocenters.